The van der Waals surface area contributed by atoms with E-state index >= 15 is 0 Å². The average Bonchev–Trinajstić information content (AvgIpc) is 3.02. The lowest BCUT2D eigenvalue weighted by Crippen LogP contribution is -2.35. The van der Waals surface area contributed by atoms with Gasteiger partial charge in [-0.3, -0.25) is 9.59 Å². The van der Waals surface area contributed by atoms with Gasteiger partial charge in [-0.1, -0.05) is 66.2 Å². The summed E-state index contributed by atoms with van der Waals surface area (Å²) < 4.78 is 0. The van der Waals surface area contributed by atoms with Gasteiger partial charge in [0.1, 0.15) is 5.70 Å². The zero-order valence-electron chi connectivity index (χ0n) is 16.8. The molecule has 1 aliphatic heterocycles. The Morgan fingerprint density at radius 2 is 1.50 bits per heavy atom. The number of aryl methyl sites for hydroxylation is 1. The maximum Gasteiger partial charge on any atom is 0.282 e. The summed E-state index contributed by atoms with van der Waals surface area (Å²) in [4.78, 5) is 30.3. The largest absolute Gasteiger partial charge is 0.337 e. The Morgan fingerprint density at radius 3 is 2.10 bits per heavy atom. The number of para-hydroxylation sites is 1. The van der Waals surface area contributed by atoms with Crippen LogP contribution in [0.25, 0.3) is 5.57 Å². The summed E-state index contributed by atoms with van der Waals surface area (Å²) in [7, 11) is 0. The summed E-state index contributed by atoms with van der Waals surface area (Å²) >= 11 is 6.29. The Kier molecular flexibility index (Phi) is 5.42. The fraction of sp³-hybridized carbons (Fsp3) is 0.120. The fourth-order valence-corrected chi connectivity index (χ4v) is 3.84. The van der Waals surface area contributed by atoms with E-state index in [0.29, 0.717) is 34.1 Å². The number of halogens is 1. The lowest BCUT2D eigenvalue weighted by molar-refractivity contribution is -0.120. The molecule has 150 valence electrons. The van der Waals surface area contributed by atoms with Crippen LogP contribution in [0.4, 0.5) is 11.4 Å². The summed E-state index contributed by atoms with van der Waals surface area (Å²) in [5.41, 5.74) is 3.68. The number of amides is 2. The van der Waals surface area contributed by atoms with Crippen LogP contribution in [0.5, 0.6) is 0 Å². The van der Waals surface area contributed by atoms with Gasteiger partial charge in [-0.05, 0) is 49.2 Å². The van der Waals surface area contributed by atoms with E-state index in [0.717, 1.165) is 11.3 Å². The molecule has 1 heterocycles. The molecular formula is C25H21ClN2O2. The molecule has 4 rings (SSSR count). The second-order valence-corrected chi connectivity index (χ2v) is 7.46. The zero-order valence-corrected chi connectivity index (χ0v) is 17.6. The molecule has 3 aromatic carbocycles. The maximum absolute atomic E-state index is 13.6. The number of carbonyl (C=O) groups excluding carboxylic acids is 2. The number of hydrogen-bond acceptors (Lipinski definition) is 3. The first kappa shape index (κ1) is 19.9. The van der Waals surface area contributed by atoms with Crippen molar-refractivity contribution in [2.24, 2.45) is 0 Å². The second kappa shape index (κ2) is 8.17. The molecule has 0 bridgehead atoms. The number of rotatable bonds is 5. The lowest BCUT2D eigenvalue weighted by atomic mass is 10.0. The number of benzene rings is 3. The highest BCUT2D eigenvalue weighted by Gasteiger charge is 2.42. The molecule has 1 aliphatic rings. The molecule has 0 atom stereocenters. The van der Waals surface area contributed by atoms with Gasteiger partial charge in [0, 0.05) is 17.3 Å². The normalized spacial score (nSPS) is 13.9. The summed E-state index contributed by atoms with van der Waals surface area (Å²) in [5.74, 6) is -0.708. The molecule has 4 nitrogen and oxygen atoms in total. The first-order valence-corrected chi connectivity index (χ1v) is 10.2. The van der Waals surface area contributed by atoms with E-state index < -0.39 is 0 Å². The van der Waals surface area contributed by atoms with Crippen molar-refractivity contribution in [3.05, 3.63) is 101 Å². The topological polar surface area (TPSA) is 40.6 Å². The molecular weight excluding hydrogens is 396 g/mol. The van der Waals surface area contributed by atoms with Crippen molar-refractivity contribution in [1.82, 2.24) is 0 Å². The minimum absolute atomic E-state index is 0.351. The van der Waals surface area contributed by atoms with Crippen LogP contribution in [0.3, 0.4) is 0 Å². The van der Waals surface area contributed by atoms with Crippen molar-refractivity contribution in [3.63, 3.8) is 0 Å². The average molecular weight is 417 g/mol. The lowest BCUT2D eigenvalue weighted by Gasteiger charge is -2.25. The Hall–Kier alpha value is -3.37. The number of carbonyl (C=O) groups is 2. The second-order valence-electron chi connectivity index (χ2n) is 7.05. The van der Waals surface area contributed by atoms with Crippen molar-refractivity contribution in [1.29, 1.82) is 0 Å². The number of imide groups is 1. The van der Waals surface area contributed by atoms with Gasteiger partial charge in [0.05, 0.1) is 11.3 Å². The van der Waals surface area contributed by atoms with Gasteiger partial charge in [0.2, 0.25) is 0 Å². The van der Waals surface area contributed by atoms with Crippen LogP contribution >= 0.6 is 11.6 Å². The standard InChI is InChI=1S/C25H21ClN2O2/c1-3-27(19-12-8-5-9-13-19)23-22(18-10-6-4-7-11-18)24(29)28(25(23)30)20-15-14-17(2)21(26)16-20/h4-16H,3H2,1-2H3. The Labute approximate surface area is 181 Å². The van der Waals surface area contributed by atoms with Gasteiger partial charge < -0.3 is 4.90 Å². The molecule has 0 aliphatic carbocycles. The highest BCUT2D eigenvalue weighted by atomic mass is 35.5. The van der Waals surface area contributed by atoms with Crippen LogP contribution in [0.2, 0.25) is 5.02 Å². The van der Waals surface area contributed by atoms with Gasteiger partial charge in [-0.2, -0.15) is 0 Å². The first-order valence-electron chi connectivity index (χ1n) is 9.80. The van der Waals surface area contributed by atoms with Crippen LogP contribution in [0, 0.1) is 6.92 Å². The van der Waals surface area contributed by atoms with Gasteiger partial charge >= 0.3 is 0 Å². The quantitative estimate of drug-likeness (QED) is 0.518. The third-order valence-electron chi connectivity index (χ3n) is 5.19. The molecule has 0 saturated heterocycles. The smallest absolute Gasteiger partial charge is 0.282 e. The van der Waals surface area contributed by atoms with Crippen molar-refractivity contribution >= 4 is 40.4 Å². The summed E-state index contributed by atoms with van der Waals surface area (Å²) in [6, 6.07) is 24.2. The molecule has 30 heavy (non-hydrogen) atoms. The highest BCUT2D eigenvalue weighted by molar-refractivity contribution is 6.46. The maximum atomic E-state index is 13.6. The number of anilines is 2. The Balaban J connectivity index is 1.90. The molecule has 0 spiro atoms. The Bertz CT molecular complexity index is 1140. The summed E-state index contributed by atoms with van der Waals surface area (Å²) in [5, 5.41) is 0.512. The fourth-order valence-electron chi connectivity index (χ4n) is 3.67. The van der Waals surface area contributed by atoms with Crippen LogP contribution in [0.1, 0.15) is 18.1 Å². The molecule has 0 saturated carbocycles. The highest BCUT2D eigenvalue weighted by Crippen LogP contribution is 2.37. The van der Waals surface area contributed by atoms with Gasteiger partial charge in [-0.15, -0.1) is 0 Å². The van der Waals surface area contributed by atoms with Crippen LogP contribution in [0.15, 0.2) is 84.6 Å². The van der Waals surface area contributed by atoms with E-state index in [1.165, 1.54) is 4.90 Å². The predicted octanol–water partition coefficient (Wildman–Crippen LogP) is 5.46. The summed E-state index contributed by atoms with van der Waals surface area (Å²) in [6.45, 7) is 4.38. The predicted molar refractivity (Wildman–Crippen MR) is 122 cm³/mol. The summed E-state index contributed by atoms with van der Waals surface area (Å²) in [6.07, 6.45) is 0. The molecule has 5 heteroatoms. The molecule has 3 aromatic rings. The van der Waals surface area contributed by atoms with E-state index in [-0.39, 0.29) is 11.8 Å². The first-order chi connectivity index (χ1) is 14.5. The minimum Gasteiger partial charge on any atom is -0.337 e. The number of nitrogens with zero attached hydrogens (tertiary/aromatic N) is 2. The molecule has 0 fully saturated rings. The molecule has 0 radical (unpaired) electrons. The van der Waals surface area contributed by atoms with Crippen LogP contribution < -0.4 is 9.80 Å². The van der Waals surface area contributed by atoms with E-state index in [9.17, 15) is 9.59 Å². The zero-order chi connectivity index (χ0) is 21.3. The van der Waals surface area contributed by atoms with E-state index in [2.05, 4.69) is 0 Å². The molecule has 0 unspecified atom stereocenters. The molecule has 0 N–H and O–H groups in total. The van der Waals surface area contributed by atoms with Crippen LogP contribution in [-0.2, 0) is 9.59 Å². The molecule has 2 amide bonds. The van der Waals surface area contributed by atoms with Gasteiger partial charge in [-0.25, -0.2) is 4.90 Å². The molecule has 0 aromatic heterocycles. The Morgan fingerprint density at radius 1 is 0.867 bits per heavy atom. The third-order valence-corrected chi connectivity index (χ3v) is 5.60. The minimum atomic E-state index is -0.357. The van der Waals surface area contributed by atoms with Crippen molar-refractivity contribution in [3.8, 4) is 0 Å². The number of hydrogen-bond donors (Lipinski definition) is 0. The van der Waals surface area contributed by atoms with Gasteiger partial charge in [0.15, 0.2) is 0 Å². The van der Waals surface area contributed by atoms with Crippen molar-refractivity contribution in [2.45, 2.75) is 13.8 Å². The monoisotopic (exact) mass is 416 g/mol. The van der Waals surface area contributed by atoms with E-state index in [1.54, 1.807) is 12.1 Å². The van der Waals surface area contributed by atoms with Crippen molar-refractivity contribution in [2.75, 3.05) is 16.3 Å². The SMILES string of the molecule is CCN(C1=C(c2ccccc2)C(=O)N(c2ccc(C)c(Cl)c2)C1=O)c1ccccc1. The van der Waals surface area contributed by atoms with Gasteiger partial charge in [0.25, 0.3) is 11.8 Å². The number of likely N-dealkylation sites (N-methyl/N-ethyl adjacent to an activating group) is 1. The van der Waals surface area contributed by atoms with E-state index in [4.69, 9.17) is 11.6 Å². The van der Waals surface area contributed by atoms with Crippen molar-refractivity contribution < 1.29 is 9.59 Å². The van der Waals surface area contributed by atoms with Crippen LogP contribution in [-0.4, -0.2) is 18.4 Å². The van der Waals surface area contributed by atoms with E-state index in [1.807, 2.05) is 85.5 Å². The third kappa shape index (κ3) is 3.40.